The summed E-state index contributed by atoms with van der Waals surface area (Å²) in [6, 6.07) is 5.52. The number of hydrogen-bond donors (Lipinski definition) is 0. The Labute approximate surface area is 102 Å². The average Bonchev–Trinajstić information content (AvgIpc) is 2.43. The van der Waals surface area contributed by atoms with Crippen LogP contribution >= 0.6 is 0 Å². The highest BCUT2D eigenvalue weighted by molar-refractivity contribution is 6.36. The van der Waals surface area contributed by atoms with Gasteiger partial charge in [0, 0.05) is 0 Å². The predicted octanol–water partition coefficient (Wildman–Crippen LogP) is 1.42. The van der Waals surface area contributed by atoms with Crippen molar-refractivity contribution < 1.29 is 9.59 Å². The number of fused-ring (bicyclic) bond motifs is 1. The number of benzene rings is 1. The van der Waals surface area contributed by atoms with Gasteiger partial charge in [-0.05, 0) is 23.5 Å². The first-order valence-electron chi connectivity index (χ1n) is 5.75. The Kier molecular flexibility index (Phi) is 2.61. The van der Waals surface area contributed by atoms with Crippen molar-refractivity contribution in [3.63, 3.8) is 0 Å². The largest absolute Gasteiger partial charge is 0.328 e. The monoisotopic (exact) mass is 229 g/mol. The first-order chi connectivity index (χ1) is 7.81. The summed E-state index contributed by atoms with van der Waals surface area (Å²) in [5.41, 5.74) is 2.20. The maximum absolute atomic E-state index is 12.0. The second-order valence-corrected chi connectivity index (χ2v) is 5.75. The van der Waals surface area contributed by atoms with Gasteiger partial charge in [0.05, 0.1) is 11.1 Å². The van der Waals surface area contributed by atoms with E-state index in [9.17, 15) is 9.59 Å². The minimum absolute atomic E-state index is 0.0968. The van der Waals surface area contributed by atoms with E-state index in [0.717, 1.165) is 12.0 Å². The normalized spacial score (nSPS) is 15.4. The van der Waals surface area contributed by atoms with Crippen LogP contribution in [0.2, 0.25) is 0 Å². The Bertz CT molecular complexity index is 503. The standard InChI is InChI=1S/C13H16BNO2/c1-13(2,3)7-8-5-4-6-9-10(8)12(17)15(14)11(9)16/h4-6H,7,14H2,1-3H3. The summed E-state index contributed by atoms with van der Waals surface area (Å²) in [6.07, 6.45) is 0.795. The molecule has 2 amide bonds. The summed E-state index contributed by atoms with van der Waals surface area (Å²) in [4.78, 5) is 25.0. The molecule has 0 saturated heterocycles. The van der Waals surface area contributed by atoms with E-state index in [0.29, 0.717) is 11.1 Å². The van der Waals surface area contributed by atoms with Gasteiger partial charge in [-0.25, -0.2) is 0 Å². The lowest BCUT2D eigenvalue weighted by Gasteiger charge is -2.19. The molecule has 0 spiro atoms. The fraction of sp³-hybridized carbons (Fsp3) is 0.385. The molecule has 0 saturated carbocycles. The van der Waals surface area contributed by atoms with E-state index >= 15 is 0 Å². The molecule has 88 valence electrons. The van der Waals surface area contributed by atoms with Crippen LogP contribution in [0.5, 0.6) is 0 Å². The van der Waals surface area contributed by atoms with Crippen molar-refractivity contribution in [2.75, 3.05) is 0 Å². The molecule has 0 aromatic heterocycles. The van der Waals surface area contributed by atoms with Crippen LogP contribution in [0.3, 0.4) is 0 Å². The number of amides is 2. The van der Waals surface area contributed by atoms with Gasteiger partial charge >= 0.3 is 0 Å². The third kappa shape index (κ3) is 1.99. The van der Waals surface area contributed by atoms with E-state index in [4.69, 9.17) is 0 Å². The van der Waals surface area contributed by atoms with Crippen molar-refractivity contribution in [3.05, 3.63) is 34.9 Å². The molecule has 1 aromatic rings. The molecule has 0 fully saturated rings. The van der Waals surface area contributed by atoms with E-state index in [-0.39, 0.29) is 17.2 Å². The Morgan fingerprint density at radius 3 is 2.41 bits per heavy atom. The summed E-state index contributed by atoms with van der Waals surface area (Å²) >= 11 is 0. The molecule has 1 heterocycles. The first-order valence-corrected chi connectivity index (χ1v) is 5.75. The molecule has 2 rings (SSSR count). The number of rotatable bonds is 1. The molecule has 0 bridgehead atoms. The summed E-state index contributed by atoms with van der Waals surface area (Å²) in [7, 11) is 1.53. The van der Waals surface area contributed by atoms with E-state index < -0.39 is 0 Å². The minimum Gasteiger partial charge on any atom is -0.328 e. The van der Waals surface area contributed by atoms with Crippen LogP contribution in [0, 0.1) is 5.41 Å². The van der Waals surface area contributed by atoms with Gasteiger partial charge in [-0.1, -0.05) is 32.9 Å². The van der Waals surface area contributed by atoms with Crippen LogP contribution < -0.4 is 0 Å². The summed E-state index contributed by atoms with van der Waals surface area (Å²) in [5, 5.41) is 0. The van der Waals surface area contributed by atoms with Crippen LogP contribution in [-0.4, -0.2) is 24.6 Å². The second-order valence-electron chi connectivity index (χ2n) is 5.75. The van der Waals surface area contributed by atoms with Gasteiger partial charge < -0.3 is 4.81 Å². The number of nitrogens with zero attached hydrogens (tertiary/aromatic N) is 1. The molecular formula is C13H16BNO2. The molecule has 0 atom stereocenters. The maximum atomic E-state index is 12.0. The molecule has 1 aromatic carbocycles. The molecule has 0 unspecified atom stereocenters. The minimum atomic E-state index is -0.194. The molecule has 3 nitrogen and oxygen atoms in total. The number of carbonyl (C=O) groups excluding carboxylic acids is 2. The third-order valence-corrected chi connectivity index (χ3v) is 2.93. The van der Waals surface area contributed by atoms with Gasteiger partial charge in [-0.15, -0.1) is 0 Å². The number of hydrogen-bond acceptors (Lipinski definition) is 2. The summed E-state index contributed by atoms with van der Waals surface area (Å²) in [5.74, 6) is -0.370. The highest BCUT2D eigenvalue weighted by Crippen LogP contribution is 2.29. The average molecular weight is 229 g/mol. The van der Waals surface area contributed by atoms with Crippen LogP contribution in [0.4, 0.5) is 0 Å². The van der Waals surface area contributed by atoms with Crippen LogP contribution in [-0.2, 0) is 6.42 Å². The van der Waals surface area contributed by atoms with Crippen molar-refractivity contribution in [3.8, 4) is 0 Å². The summed E-state index contributed by atoms with van der Waals surface area (Å²) < 4.78 is 0. The Hall–Kier alpha value is -1.58. The van der Waals surface area contributed by atoms with Gasteiger partial charge in [-0.3, -0.25) is 9.59 Å². The highest BCUT2D eigenvalue weighted by Gasteiger charge is 2.34. The molecule has 4 heteroatoms. The summed E-state index contributed by atoms with van der Waals surface area (Å²) in [6.45, 7) is 6.37. The smallest absolute Gasteiger partial charge is 0.249 e. The molecule has 1 aliphatic heterocycles. The maximum Gasteiger partial charge on any atom is 0.249 e. The SMILES string of the molecule is BN1C(=O)c2cccc(CC(C)(C)C)c2C1=O. The lowest BCUT2D eigenvalue weighted by Crippen LogP contribution is -2.26. The third-order valence-electron chi connectivity index (χ3n) is 2.93. The topological polar surface area (TPSA) is 37.4 Å². The van der Waals surface area contributed by atoms with Gasteiger partial charge in [-0.2, -0.15) is 0 Å². The molecule has 17 heavy (non-hydrogen) atoms. The van der Waals surface area contributed by atoms with Gasteiger partial charge in [0.15, 0.2) is 0 Å². The molecule has 0 aliphatic carbocycles. The second kappa shape index (κ2) is 3.72. The zero-order valence-electron chi connectivity index (χ0n) is 10.7. The highest BCUT2D eigenvalue weighted by atomic mass is 16.2. The van der Waals surface area contributed by atoms with Gasteiger partial charge in [0.1, 0.15) is 0 Å². The lowest BCUT2D eigenvalue weighted by atomic mass is 9.85. The van der Waals surface area contributed by atoms with Crippen LogP contribution in [0.15, 0.2) is 18.2 Å². The van der Waals surface area contributed by atoms with E-state index in [2.05, 4.69) is 20.8 Å². The molecular weight excluding hydrogens is 213 g/mol. The van der Waals surface area contributed by atoms with Crippen LogP contribution in [0.25, 0.3) is 0 Å². The Morgan fingerprint density at radius 2 is 1.82 bits per heavy atom. The fourth-order valence-electron chi connectivity index (χ4n) is 2.19. The predicted molar refractivity (Wildman–Crippen MR) is 68.6 cm³/mol. The Balaban J connectivity index is 2.53. The van der Waals surface area contributed by atoms with E-state index in [1.165, 1.54) is 12.8 Å². The lowest BCUT2D eigenvalue weighted by molar-refractivity contribution is 0.0766. The number of imide groups is 1. The first kappa shape index (κ1) is 11.9. The number of carbonyl (C=O) groups is 2. The van der Waals surface area contributed by atoms with Crippen molar-refractivity contribution in [2.45, 2.75) is 27.2 Å². The van der Waals surface area contributed by atoms with Gasteiger partial charge in [0.2, 0.25) is 19.8 Å². The van der Waals surface area contributed by atoms with Crippen molar-refractivity contribution >= 4 is 19.8 Å². The quantitative estimate of drug-likeness (QED) is 0.539. The zero-order valence-corrected chi connectivity index (χ0v) is 10.7. The van der Waals surface area contributed by atoms with Crippen molar-refractivity contribution in [1.29, 1.82) is 0 Å². The molecule has 0 N–H and O–H groups in total. The molecule has 1 aliphatic rings. The van der Waals surface area contributed by atoms with Crippen molar-refractivity contribution in [2.24, 2.45) is 5.41 Å². The van der Waals surface area contributed by atoms with E-state index in [1.807, 2.05) is 12.1 Å². The van der Waals surface area contributed by atoms with Crippen LogP contribution in [0.1, 0.15) is 47.1 Å². The fourth-order valence-corrected chi connectivity index (χ4v) is 2.19. The van der Waals surface area contributed by atoms with Crippen molar-refractivity contribution in [1.82, 2.24) is 4.81 Å². The van der Waals surface area contributed by atoms with Gasteiger partial charge in [0.25, 0.3) is 0 Å². The van der Waals surface area contributed by atoms with E-state index in [1.54, 1.807) is 6.07 Å². The molecule has 0 radical (unpaired) electrons. The zero-order chi connectivity index (χ0) is 12.8. The Morgan fingerprint density at radius 1 is 1.18 bits per heavy atom.